The van der Waals surface area contributed by atoms with Crippen LogP contribution in [0.25, 0.3) is 11.0 Å². The zero-order valence-electron chi connectivity index (χ0n) is 26.4. The molecule has 266 valence electrons. The number of H-pyrrole nitrogens is 1. The Kier molecular flexibility index (Phi) is 9.65. The number of halogens is 5. The molecule has 0 saturated carbocycles. The summed E-state index contributed by atoms with van der Waals surface area (Å²) in [7, 11) is -2.51. The first kappa shape index (κ1) is 35.0. The third kappa shape index (κ3) is 7.48. The van der Waals surface area contributed by atoms with Crippen LogP contribution >= 0.6 is 0 Å². The van der Waals surface area contributed by atoms with E-state index < -0.39 is 56.3 Å². The summed E-state index contributed by atoms with van der Waals surface area (Å²) in [5.41, 5.74) is -0.421. The smallest absolute Gasteiger partial charge is 0.381 e. The summed E-state index contributed by atoms with van der Waals surface area (Å²) in [6.45, 7) is 2.74. The lowest BCUT2D eigenvalue weighted by atomic mass is 10.0. The van der Waals surface area contributed by atoms with Crippen LogP contribution in [0.5, 0.6) is 0 Å². The second-order valence-electron chi connectivity index (χ2n) is 11.9. The first-order chi connectivity index (χ1) is 23.7. The van der Waals surface area contributed by atoms with Crippen LogP contribution in [0.2, 0.25) is 0 Å². The summed E-state index contributed by atoms with van der Waals surface area (Å²) in [4.78, 5) is 35.2. The van der Waals surface area contributed by atoms with Crippen LogP contribution in [-0.2, 0) is 19.6 Å². The highest BCUT2D eigenvalue weighted by Crippen LogP contribution is 2.35. The summed E-state index contributed by atoms with van der Waals surface area (Å²) < 4.78 is 103. The van der Waals surface area contributed by atoms with E-state index in [2.05, 4.69) is 30.1 Å². The molecule has 50 heavy (non-hydrogen) atoms. The molecule has 0 bridgehead atoms. The fraction of sp³-hybridized carbons (Fsp3) is 0.355. The van der Waals surface area contributed by atoms with Crippen LogP contribution in [-0.4, -0.2) is 99.0 Å². The number of aromatic amines is 1. The van der Waals surface area contributed by atoms with Crippen LogP contribution in [0.4, 0.5) is 44.8 Å². The zero-order valence-corrected chi connectivity index (χ0v) is 27.2. The van der Waals surface area contributed by atoms with Crippen molar-refractivity contribution in [2.75, 3.05) is 66.3 Å². The normalized spacial score (nSPS) is 16.4. The standard InChI is InChI=1S/C31H31F5N8O5S/c1-42-6-8-43(9-7-42)22-2-3-24(26(15-22)44(30(46)31(34,35)36)21-4-10-49-11-5-21)29(45)38-28-25-16-23(17-37-27(25)39-40-28)50(47,48)41-20-13-18(32)12-19(33)14-20/h2-3,12-17,21,41H,4-11H2,1H3,(H2,37,38,39,40,45). The minimum Gasteiger partial charge on any atom is -0.381 e. The van der Waals surface area contributed by atoms with Gasteiger partial charge in [0.2, 0.25) is 0 Å². The van der Waals surface area contributed by atoms with E-state index in [0.717, 1.165) is 24.4 Å². The summed E-state index contributed by atoms with van der Waals surface area (Å²) in [5, 5.41) is 9.03. The molecule has 13 nitrogen and oxygen atoms in total. The first-order valence-corrected chi connectivity index (χ1v) is 16.9. The number of anilines is 4. The van der Waals surface area contributed by atoms with Gasteiger partial charge in [-0.15, -0.1) is 0 Å². The molecule has 0 atom stereocenters. The van der Waals surface area contributed by atoms with Gasteiger partial charge in [-0.1, -0.05) is 0 Å². The number of alkyl halides is 3. The second kappa shape index (κ2) is 13.8. The number of carbonyl (C=O) groups is 2. The number of carbonyl (C=O) groups excluding carboxylic acids is 2. The molecule has 3 N–H and O–H groups in total. The van der Waals surface area contributed by atoms with E-state index in [1.807, 2.05) is 11.9 Å². The van der Waals surface area contributed by atoms with Crippen molar-refractivity contribution in [1.29, 1.82) is 0 Å². The Bertz CT molecular complexity index is 2010. The number of benzene rings is 2. The van der Waals surface area contributed by atoms with Crippen LogP contribution in [0.15, 0.2) is 53.6 Å². The molecule has 4 heterocycles. The number of amides is 2. The molecular weight excluding hydrogens is 691 g/mol. The molecule has 2 aromatic heterocycles. The first-order valence-electron chi connectivity index (χ1n) is 15.4. The van der Waals surface area contributed by atoms with Gasteiger partial charge in [-0.2, -0.15) is 18.3 Å². The Morgan fingerprint density at radius 2 is 1.68 bits per heavy atom. The summed E-state index contributed by atoms with van der Waals surface area (Å²) >= 11 is 0. The van der Waals surface area contributed by atoms with Gasteiger partial charge >= 0.3 is 12.1 Å². The SMILES string of the molecule is CN1CCN(c2ccc(C(=O)Nc3[nH]nc4ncc(S(=O)(=O)Nc5cc(F)cc(F)c5)cc34)c(N(C(=O)C(F)(F)F)C3CCOCC3)c2)CC1. The third-order valence-electron chi connectivity index (χ3n) is 8.42. The summed E-state index contributed by atoms with van der Waals surface area (Å²) in [5.74, 6) is -5.24. The topological polar surface area (TPSA) is 153 Å². The number of rotatable bonds is 8. The molecule has 0 spiro atoms. The fourth-order valence-corrected chi connectivity index (χ4v) is 6.87. The molecule has 2 aromatic carbocycles. The predicted molar refractivity (Wildman–Crippen MR) is 173 cm³/mol. The molecule has 19 heteroatoms. The maximum absolute atomic E-state index is 14.1. The van der Waals surface area contributed by atoms with E-state index in [0.29, 0.717) is 42.8 Å². The van der Waals surface area contributed by atoms with Gasteiger partial charge in [0.15, 0.2) is 5.65 Å². The number of nitrogens with one attached hydrogen (secondary N) is 3. The van der Waals surface area contributed by atoms with Gasteiger partial charge in [-0.05, 0) is 56.3 Å². The lowest BCUT2D eigenvalue weighted by Gasteiger charge is -2.37. The van der Waals surface area contributed by atoms with Gasteiger partial charge in [0.1, 0.15) is 22.3 Å². The second-order valence-corrected chi connectivity index (χ2v) is 13.5. The largest absolute Gasteiger partial charge is 0.471 e. The molecule has 0 radical (unpaired) electrons. The highest BCUT2D eigenvalue weighted by molar-refractivity contribution is 7.92. The van der Waals surface area contributed by atoms with Gasteiger partial charge < -0.3 is 24.8 Å². The number of sulfonamides is 1. The fourth-order valence-electron chi connectivity index (χ4n) is 5.86. The molecule has 2 aliphatic heterocycles. The minimum absolute atomic E-state index is 0.00471. The number of hydrogen-bond acceptors (Lipinski definition) is 9. The molecule has 4 aromatic rings. The van der Waals surface area contributed by atoms with Gasteiger partial charge in [0.25, 0.3) is 15.9 Å². The lowest BCUT2D eigenvalue weighted by molar-refractivity contribution is -0.171. The Morgan fingerprint density at radius 1 is 1.00 bits per heavy atom. The molecule has 0 aliphatic carbocycles. The summed E-state index contributed by atoms with van der Waals surface area (Å²) in [6, 6.07) is 6.61. The average molecular weight is 723 g/mol. The van der Waals surface area contributed by atoms with Gasteiger partial charge in [0.05, 0.1) is 28.5 Å². The highest BCUT2D eigenvalue weighted by atomic mass is 32.2. The molecule has 2 amide bonds. The number of hydrogen-bond donors (Lipinski definition) is 3. The number of fused-ring (bicyclic) bond motifs is 1. The Morgan fingerprint density at radius 3 is 2.34 bits per heavy atom. The summed E-state index contributed by atoms with van der Waals surface area (Å²) in [6.07, 6.45) is -4.11. The van der Waals surface area contributed by atoms with Crippen molar-refractivity contribution in [2.24, 2.45) is 0 Å². The zero-order chi connectivity index (χ0) is 35.8. The van der Waals surface area contributed by atoms with Crippen molar-refractivity contribution >= 4 is 55.8 Å². The lowest BCUT2D eigenvalue weighted by Crippen LogP contribution is -2.50. The van der Waals surface area contributed by atoms with Gasteiger partial charge in [0, 0.05) is 57.2 Å². The molecule has 2 fully saturated rings. The minimum atomic E-state index is -5.26. The van der Waals surface area contributed by atoms with Crippen molar-refractivity contribution in [1.82, 2.24) is 20.1 Å². The quantitative estimate of drug-likeness (QED) is 0.228. The van der Waals surface area contributed by atoms with Crippen LogP contribution in [0.3, 0.4) is 0 Å². The van der Waals surface area contributed by atoms with E-state index in [4.69, 9.17) is 4.74 Å². The number of aromatic nitrogens is 3. The average Bonchev–Trinajstić information content (AvgIpc) is 3.46. The van der Waals surface area contributed by atoms with Crippen molar-refractivity contribution in [3.8, 4) is 0 Å². The van der Waals surface area contributed by atoms with Crippen molar-refractivity contribution in [2.45, 2.75) is 30.0 Å². The van der Waals surface area contributed by atoms with E-state index in [9.17, 15) is 40.0 Å². The number of ether oxygens (including phenoxy) is 1. The molecule has 2 aliphatic rings. The maximum atomic E-state index is 14.1. The molecule has 6 rings (SSSR count). The Labute approximate surface area is 282 Å². The predicted octanol–water partition coefficient (Wildman–Crippen LogP) is 4.12. The van der Waals surface area contributed by atoms with E-state index in [-0.39, 0.29) is 54.2 Å². The molecule has 2 saturated heterocycles. The maximum Gasteiger partial charge on any atom is 0.471 e. The number of pyridine rings is 1. The number of piperazine rings is 1. The van der Waals surface area contributed by atoms with Gasteiger partial charge in [-0.3, -0.25) is 19.4 Å². The van der Waals surface area contributed by atoms with Crippen LogP contribution in [0, 0.1) is 11.6 Å². The Balaban J connectivity index is 1.37. The van der Waals surface area contributed by atoms with Crippen molar-refractivity contribution < 1.29 is 44.7 Å². The van der Waals surface area contributed by atoms with Crippen LogP contribution in [0.1, 0.15) is 23.2 Å². The van der Waals surface area contributed by atoms with Crippen molar-refractivity contribution in [3.05, 3.63) is 65.9 Å². The number of nitrogens with zero attached hydrogens (tertiary/aromatic N) is 5. The highest BCUT2D eigenvalue weighted by Gasteiger charge is 2.46. The number of likely N-dealkylation sites (N-methyl/N-ethyl adjacent to an activating group) is 1. The Hall–Kier alpha value is -4.88. The van der Waals surface area contributed by atoms with E-state index >= 15 is 0 Å². The van der Waals surface area contributed by atoms with Gasteiger partial charge in [-0.25, -0.2) is 22.2 Å². The molecular formula is C31H31F5N8O5S. The molecule has 0 unspecified atom stereocenters. The monoisotopic (exact) mass is 722 g/mol. The van der Waals surface area contributed by atoms with Crippen LogP contribution < -0.4 is 19.8 Å². The van der Waals surface area contributed by atoms with Crippen molar-refractivity contribution in [3.63, 3.8) is 0 Å². The third-order valence-corrected chi connectivity index (χ3v) is 9.77. The van der Waals surface area contributed by atoms with E-state index in [1.54, 1.807) is 6.07 Å². The van der Waals surface area contributed by atoms with E-state index in [1.165, 1.54) is 12.1 Å².